The van der Waals surface area contributed by atoms with Crippen LogP contribution in [0.3, 0.4) is 0 Å². The standard InChI is InChI=1S/C2H8BN/c1-2(3)4/h2H,3-4H2,1H3/t2-/m1/s1. The quantitative estimate of drug-likeness (QED) is 0.352. The van der Waals surface area contributed by atoms with E-state index in [1.54, 1.807) is 0 Å². The normalized spacial score (nSPS) is 15.5. The molecule has 0 aromatic carbocycles. The molecule has 0 aromatic heterocycles. The summed E-state index contributed by atoms with van der Waals surface area (Å²) in [5.41, 5.74) is 5.11. The van der Waals surface area contributed by atoms with Gasteiger partial charge < -0.3 is 5.73 Å². The summed E-state index contributed by atoms with van der Waals surface area (Å²) in [7, 11) is 1.94. The maximum atomic E-state index is 5.11. The molecule has 0 aromatic rings. The van der Waals surface area contributed by atoms with Crippen molar-refractivity contribution in [2.45, 2.75) is 12.9 Å². The molecule has 24 valence electrons. The van der Waals surface area contributed by atoms with Gasteiger partial charge in [0.1, 0.15) is 7.85 Å². The molecule has 0 radical (unpaired) electrons. The minimum Gasteiger partial charge on any atom is -0.336 e. The first kappa shape index (κ1) is 4.02. The van der Waals surface area contributed by atoms with Gasteiger partial charge in [-0.15, -0.1) is 0 Å². The van der Waals surface area contributed by atoms with Gasteiger partial charge in [-0.2, -0.15) is 0 Å². The highest BCUT2D eigenvalue weighted by Crippen LogP contribution is 1.48. The molecule has 0 spiro atoms. The third kappa shape index (κ3) is 3420. The third-order valence-corrected chi connectivity index (χ3v) is 0. The fourth-order valence-electron chi connectivity index (χ4n) is 0. The van der Waals surface area contributed by atoms with E-state index in [2.05, 4.69) is 0 Å². The summed E-state index contributed by atoms with van der Waals surface area (Å²) < 4.78 is 0. The average Bonchev–Trinajstić information content (AvgIpc) is 0.811. The van der Waals surface area contributed by atoms with E-state index in [0.717, 1.165) is 0 Å². The highest BCUT2D eigenvalue weighted by atomic mass is 14.5. The van der Waals surface area contributed by atoms with Crippen molar-refractivity contribution in [1.29, 1.82) is 0 Å². The van der Waals surface area contributed by atoms with Gasteiger partial charge in [-0.1, -0.05) is 6.92 Å². The van der Waals surface area contributed by atoms with E-state index in [0.29, 0.717) is 5.94 Å². The Balaban J connectivity index is 2.32. The minimum atomic E-state index is 0.333. The van der Waals surface area contributed by atoms with Crippen LogP contribution in [0.5, 0.6) is 0 Å². The molecule has 0 amide bonds. The minimum absolute atomic E-state index is 0.333. The Kier molecular flexibility index (Phi) is 1.36. The molecule has 0 saturated carbocycles. The van der Waals surface area contributed by atoms with Crippen LogP contribution in [0.4, 0.5) is 0 Å². The molecule has 0 rings (SSSR count). The lowest BCUT2D eigenvalue weighted by Gasteiger charge is -1.80. The topological polar surface area (TPSA) is 26.0 Å². The Morgan fingerprint density at radius 1 is 2.00 bits per heavy atom. The fraction of sp³-hybridized carbons (Fsp3) is 1.00. The molecule has 0 heterocycles. The second-order valence-corrected chi connectivity index (χ2v) is 1.24. The lowest BCUT2D eigenvalue weighted by atomic mass is 10.0. The summed E-state index contributed by atoms with van der Waals surface area (Å²) in [4.78, 5) is 0. The monoisotopic (exact) mass is 57.1 g/mol. The summed E-state index contributed by atoms with van der Waals surface area (Å²) in [5.74, 6) is 0.333. The molecular formula is C2H8BN. The molecule has 0 aliphatic heterocycles. The van der Waals surface area contributed by atoms with Crippen molar-refractivity contribution in [3.63, 3.8) is 0 Å². The first-order valence-corrected chi connectivity index (χ1v) is 1.49. The summed E-state index contributed by atoms with van der Waals surface area (Å²) in [6.07, 6.45) is 0. The number of rotatable bonds is 0. The van der Waals surface area contributed by atoms with Crippen LogP contribution in [0.2, 0.25) is 0 Å². The zero-order chi connectivity index (χ0) is 3.58. The first-order valence-electron chi connectivity index (χ1n) is 1.49. The van der Waals surface area contributed by atoms with Crippen molar-refractivity contribution in [3.8, 4) is 0 Å². The van der Waals surface area contributed by atoms with Crippen LogP contribution < -0.4 is 5.73 Å². The van der Waals surface area contributed by atoms with Crippen LogP contribution in [-0.4, -0.2) is 13.8 Å². The van der Waals surface area contributed by atoms with Crippen molar-refractivity contribution in [2.75, 3.05) is 0 Å². The second kappa shape index (κ2) is 1.36. The highest BCUT2D eigenvalue weighted by Gasteiger charge is 1.68. The summed E-state index contributed by atoms with van der Waals surface area (Å²) in [6.45, 7) is 1.94. The molecule has 1 atom stereocenters. The zero-order valence-electron chi connectivity index (χ0n) is 3.15. The van der Waals surface area contributed by atoms with Gasteiger partial charge in [0, 0.05) is 0 Å². The van der Waals surface area contributed by atoms with E-state index in [1.807, 2.05) is 14.8 Å². The Bertz CT molecular complexity index is 10.8. The van der Waals surface area contributed by atoms with Crippen LogP contribution in [0, 0.1) is 0 Å². The van der Waals surface area contributed by atoms with Crippen LogP contribution in [0.1, 0.15) is 6.92 Å². The molecule has 0 bridgehead atoms. The molecule has 0 saturated heterocycles. The molecule has 0 fully saturated rings. The first-order chi connectivity index (χ1) is 1.73. The van der Waals surface area contributed by atoms with Crippen molar-refractivity contribution < 1.29 is 0 Å². The maximum Gasteiger partial charge on any atom is 0.122 e. The van der Waals surface area contributed by atoms with Crippen molar-refractivity contribution >= 4 is 7.85 Å². The third-order valence-electron chi connectivity index (χ3n) is 0. The van der Waals surface area contributed by atoms with E-state index < -0.39 is 0 Å². The van der Waals surface area contributed by atoms with E-state index in [-0.39, 0.29) is 0 Å². The average molecular weight is 56.9 g/mol. The zero-order valence-corrected chi connectivity index (χ0v) is 3.15. The van der Waals surface area contributed by atoms with Gasteiger partial charge in [-0.25, -0.2) is 0 Å². The number of hydrogen-bond acceptors (Lipinski definition) is 1. The number of nitrogens with two attached hydrogens (primary N) is 1. The molecule has 0 aliphatic carbocycles. The van der Waals surface area contributed by atoms with Gasteiger partial charge in [-0.05, 0) is 5.94 Å². The largest absolute Gasteiger partial charge is 0.336 e. The van der Waals surface area contributed by atoms with Gasteiger partial charge in [0.25, 0.3) is 0 Å². The smallest absolute Gasteiger partial charge is 0.122 e. The number of hydrogen-bond donors (Lipinski definition) is 1. The van der Waals surface area contributed by atoms with Crippen LogP contribution >= 0.6 is 0 Å². The van der Waals surface area contributed by atoms with Gasteiger partial charge >= 0.3 is 0 Å². The molecule has 4 heavy (non-hydrogen) atoms. The molecule has 2 N–H and O–H groups in total. The summed E-state index contributed by atoms with van der Waals surface area (Å²) in [5, 5.41) is 0. The van der Waals surface area contributed by atoms with Gasteiger partial charge in [-0.3, -0.25) is 0 Å². The van der Waals surface area contributed by atoms with Crippen molar-refractivity contribution in [2.24, 2.45) is 5.73 Å². The van der Waals surface area contributed by atoms with E-state index >= 15 is 0 Å². The predicted molar refractivity (Wildman–Crippen MR) is 22.2 cm³/mol. The molecule has 1 nitrogen and oxygen atoms in total. The van der Waals surface area contributed by atoms with Crippen LogP contribution in [0.25, 0.3) is 0 Å². The van der Waals surface area contributed by atoms with E-state index in [9.17, 15) is 0 Å². The molecule has 0 aliphatic rings. The maximum absolute atomic E-state index is 5.11. The lowest BCUT2D eigenvalue weighted by molar-refractivity contribution is 1.03. The van der Waals surface area contributed by atoms with Gasteiger partial charge in [0.05, 0.1) is 0 Å². The lowest BCUT2D eigenvalue weighted by Crippen LogP contribution is -2.12. The van der Waals surface area contributed by atoms with Crippen LogP contribution in [-0.2, 0) is 0 Å². The Morgan fingerprint density at radius 2 is 2.00 bits per heavy atom. The van der Waals surface area contributed by atoms with Gasteiger partial charge in [0.2, 0.25) is 0 Å². The molecule has 2 heteroatoms. The van der Waals surface area contributed by atoms with Crippen molar-refractivity contribution in [1.82, 2.24) is 0 Å². The molecule has 0 unspecified atom stereocenters. The summed E-state index contributed by atoms with van der Waals surface area (Å²) in [6, 6.07) is 0. The summed E-state index contributed by atoms with van der Waals surface area (Å²) >= 11 is 0. The Labute approximate surface area is 27.6 Å². The predicted octanol–water partition coefficient (Wildman–Crippen LogP) is -1.08. The van der Waals surface area contributed by atoms with Crippen molar-refractivity contribution in [3.05, 3.63) is 0 Å². The Morgan fingerprint density at radius 3 is 2.00 bits per heavy atom. The SMILES string of the molecule is B[C@@H](C)N. The van der Waals surface area contributed by atoms with Crippen LogP contribution in [0.15, 0.2) is 0 Å². The molecular weight excluding hydrogens is 48.8 g/mol. The Hall–Kier alpha value is 0.0249. The second-order valence-electron chi connectivity index (χ2n) is 1.24. The fourth-order valence-corrected chi connectivity index (χ4v) is 0. The van der Waals surface area contributed by atoms with E-state index in [4.69, 9.17) is 5.73 Å². The highest BCUT2D eigenvalue weighted by molar-refractivity contribution is 6.11. The van der Waals surface area contributed by atoms with E-state index in [1.165, 1.54) is 0 Å². The van der Waals surface area contributed by atoms with Gasteiger partial charge in [0.15, 0.2) is 0 Å².